The van der Waals surface area contributed by atoms with Crippen LogP contribution < -0.4 is 4.74 Å². The first-order valence-electron chi connectivity index (χ1n) is 8.08. The van der Waals surface area contributed by atoms with E-state index in [1.807, 2.05) is 0 Å². The molecule has 1 aromatic heterocycles. The van der Waals surface area contributed by atoms with E-state index in [4.69, 9.17) is 4.74 Å². The summed E-state index contributed by atoms with van der Waals surface area (Å²) < 4.78 is 33.0. The van der Waals surface area contributed by atoms with E-state index in [9.17, 15) is 8.42 Å². The minimum atomic E-state index is -3.19. The molecule has 1 saturated carbocycles. The van der Waals surface area contributed by atoms with Gasteiger partial charge in [-0.1, -0.05) is 19.3 Å². The smallest absolute Gasteiger partial charge is 0.217 e. The molecule has 2 fully saturated rings. The second-order valence-electron chi connectivity index (χ2n) is 6.09. The predicted molar refractivity (Wildman–Crippen MR) is 83.0 cm³/mol. The number of hydrogen-bond acceptors (Lipinski definition) is 5. The molecule has 0 N–H and O–H groups in total. The van der Waals surface area contributed by atoms with Crippen LogP contribution in [0.4, 0.5) is 0 Å². The molecule has 1 aliphatic carbocycles. The van der Waals surface area contributed by atoms with Crippen molar-refractivity contribution in [3.05, 3.63) is 18.6 Å². The number of aromatic nitrogens is 2. The molecule has 2 heterocycles. The fraction of sp³-hybridized carbons (Fsp3) is 0.733. The van der Waals surface area contributed by atoms with Gasteiger partial charge < -0.3 is 4.74 Å². The zero-order valence-corrected chi connectivity index (χ0v) is 13.5. The van der Waals surface area contributed by atoms with E-state index >= 15 is 0 Å². The van der Waals surface area contributed by atoms with Crippen LogP contribution in [-0.4, -0.2) is 47.1 Å². The molecule has 0 amide bonds. The minimum Gasteiger partial charge on any atom is -0.473 e. The van der Waals surface area contributed by atoms with Gasteiger partial charge in [0, 0.05) is 18.8 Å². The standard InChI is InChI=1S/C15H23N3O3S/c19-22(20,14-6-2-1-3-7-14)18-10-4-5-13(11-18)21-15-8-9-16-12-17-15/h8-9,12-14H,1-7,10-11H2/t13-/m0/s1. The van der Waals surface area contributed by atoms with Crippen LogP contribution >= 0.6 is 0 Å². The van der Waals surface area contributed by atoms with Crippen LogP contribution in [0.2, 0.25) is 0 Å². The summed E-state index contributed by atoms with van der Waals surface area (Å²) in [4.78, 5) is 7.91. The minimum absolute atomic E-state index is 0.123. The van der Waals surface area contributed by atoms with Gasteiger partial charge in [0.05, 0.1) is 11.8 Å². The first-order valence-corrected chi connectivity index (χ1v) is 9.58. The van der Waals surface area contributed by atoms with Gasteiger partial charge in [0.2, 0.25) is 15.9 Å². The SMILES string of the molecule is O=S(=O)(C1CCCCC1)N1CCC[C@H](Oc2ccncn2)C1. The maximum absolute atomic E-state index is 12.8. The maximum Gasteiger partial charge on any atom is 0.217 e. The molecule has 0 spiro atoms. The summed E-state index contributed by atoms with van der Waals surface area (Å²) in [5.74, 6) is 0.511. The van der Waals surface area contributed by atoms with Crippen molar-refractivity contribution in [1.82, 2.24) is 14.3 Å². The summed E-state index contributed by atoms with van der Waals surface area (Å²) in [5, 5.41) is -0.195. The largest absolute Gasteiger partial charge is 0.473 e. The van der Waals surface area contributed by atoms with Crippen molar-refractivity contribution in [2.45, 2.75) is 56.3 Å². The van der Waals surface area contributed by atoms with Crippen LogP contribution in [0, 0.1) is 0 Å². The highest BCUT2D eigenvalue weighted by atomic mass is 32.2. The van der Waals surface area contributed by atoms with Crippen LogP contribution in [0.5, 0.6) is 5.88 Å². The predicted octanol–water partition coefficient (Wildman–Crippen LogP) is 1.98. The Balaban J connectivity index is 1.64. The van der Waals surface area contributed by atoms with E-state index in [1.165, 1.54) is 6.33 Å². The molecule has 1 saturated heterocycles. The second kappa shape index (κ2) is 6.91. The summed E-state index contributed by atoms with van der Waals surface area (Å²) in [7, 11) is -3.19. The summed E-state index contributed by atoms with van der Waals surface area (Å²) in [5.41, 5.74) is 0. The number of ether oxygens (including phenoxy) is 1. The highest BCUT2D eigenvalue weighted by Crippen LogP contribution is 2.28. The summed E-state index contributed by atoms with van der Waals surface area (Å²) >= 11 is 0. The van der Waals surface area contributed by atoms with Gasteiger partial charge in [-0.05, 0) is 25.7 Å². The molecule has 1 atom stereocenters. The molecule has 3 rings (SSSR count). The van der Waals surface area contributed by atoms with Gasteiger partial charge in [-0.2, -0.15) is 4.31 Å². The molecule has 122 valence electrons. The van der Waals surface area contributed by atoms with Gasteiger partial charge >= 0.3 is 0 Å². The van der Waals surface area contributed by atoms with Crippen molar-refractivity contribution in [3.8, 4) is 5.88 Å². The lowest BCUT2D eigenvalue weighted by Gasteiger charge is -2.35. The van der Waals surface area contributed by atoms with Crippen molar-refractivity contribution in [2.75, 3.05) is 13.1 Å². The van der Waals surface area contributed by atoms with Crippen LogP contribution in [0.1, 0.15) is 44.9 Å². The first kappa shape index (κ1) is 15.7. The molecular weight excluding hydrogens is 302 g/mol. The molecule has 0 bridgehead atoms. The van der Waals surface area contributed by atoms with Crippen LogP contribution in [0.3, 0.4) is 0 Å². The normalized spacial score (nSPS) is 25.0. The van der Waals surface area contributed by atoms with E-state index < -0.39 is 10.0 Å². The molecule has 0 radical (unpaired) electrons. The number of piperidine rings is 1. The lowest BCUT2D eigenvalue weighted by Crippen LogP contribution is -2.48. The Morgan fingerprint density at radius 3 is 2.68 bits per heavy atom. The van der Waals surface area contributed by atoms with Crippen molar-refractivity contribution < 1.29 is 13.2 Å². The zero-order valence-electron chi connectivity index (χ0n) is 12.7. The van der Waals surface area contributed by atoms with Crippen molar-refractivity contribution in [1.29, 1.82) is 0 Å². The molecule has 2 aliphatic rings. The zero-order chi connectivity index (χ0) is 15.4. The van der Waals surface area contributed by atoms with Gasteiger partial charge in [0.1, 0.15) is 12.4 Å². The van der Waals surface area contributed by atoms with E-state index in [2.05, 4.69) is 9.97 Å². The third-order valence-corrected chi connectivity index (χ3v) is 6.88. The fourth-order valence-corrected chi connectivity index (χ4v) is 5.43. The highest BCUT2D eigenvalue weighted by molar-refractivity contribution is 7.89. The molecular formula is C15H23N3O3S. The average Bonchev–Trinajstić information content (AvgIpc) is 2.57. The lowest BCUT2D eigenvalue weighted by atomic mass is 10.0. The van der Waals surface area contributed by atoms with E-state index in [0.29, 0.717) is 19.0 Å². The molecule has 22 heavy (non-hydrogen) atoms. The van der Waals surface area contributed by atoms with Crippen molar-refractivity contribution in [3.63, 3.8) is 0 Å². The van der Waals surface area contributed by atoms with Gasteiger partial charge in [-0.25, -0.2) is 18.4 Å². The maximum atomic E-state index is 12.8. The molecule has 0 unspecified atom stereocenters. The highest BCUT2D eigenvalue weighted by Gasteiger charge is 2.36. The number of nitrogens with zero attached hydrogens (tertiary/aromatic N) is 3. The number of hydrogen-bond donors (Lipinski definition) is 0. The number of rotatable bonds is 4. The van der Waals surface area contributed by atoms with E-state index in [-0.39, 0.29) is 11.4 Å². The van der Waals surface area contributed by atoms with Gasteiger partial charge in [-0.3, -0.25) is 0 Å². The second-order valence-corrected chi connectivity index (χ2v) is 8.31. The first-order chi connectivity index (χ1) is 10.7. The number of sulfonamides is 1. The molecule has 1 aromatic rings. The molecule has 1 aliphatic heterocycles. The molecule has 7 heteroatoms. The topological polar surface area (TPSA) is 72.4 Å². The van der Waals surface area contributed by atoms with E-state index in [1.54, 1.807) is 16.6 Å². The lowest BCUT2D eigenvalue weighted by molar-refractivity contribution is 0.123. The molecule has 0 aromatic carbocycles. The van der Waals surface area contributed by atoms with Gasteiger partial charge in [0.25, 0.3) is 0 Å². The molecule has 6 nitrogen and oxygen atoms in total. The fourth-order valence-electron chi connectivity index (χ4n) is 3.33. The van der Waals surface area contributed by atoms with Crippen LogP contribution in [0.15, 0.2) is 18.6 Å². The third kappa shape index (κ3) is 3.57. The quantitative estimate of drug-likeness (QED) is 0.846. The van der Waals surface area contributed by atoms with Crippen molar-refractivity contribution in [2.24, 2.45) is 0 Å². The summed E-state index contributed by atoms with van der Waals surface area (Å²) in [6.45, 7) is 1.05. The Bertz CT molecular complexity index is 573. The Labute approximate surface area is 132 Å². The summed E-state index contributed by atoms with van der Waals surface area (Å²) in [6, 6.07) is 1.70. The Morgan fingerprint density at radius 1 is 1.14 bits per heavy atom. The van der Waals surface area contributed by atoms with Crippen LogP contribution in [-0.2, 0) is 10.0 Å². The van der Waals surface area contributed by atoms with E-state index in [0.717, 1.165) is 44.9 Å². The average molecular weight is 325 g/mol. The summed E-state index contributed by atoms with van der Waals surface area (Å²) in [6.07, 6.45) is 9.45. The Kier molecular flexibility index (Phi) is 4.93. The van der Waals surface area contributed by atoms with Crippen LogP contribution in [0.25, 0.3) is 0 Å². The monoisotopic (exact) mass is 325 g/mol. The Morgan fingerprint density at radius 2 is 1.95 bits per heavy atom. The van der Waals surface area contributed by atoms with Gasteiger partial charge in [0.15, 0.2) is 0 Å². The van der Waals surface area contributed by atoms with Crippen molar-refractivity contribution >= 4 is 10.0 Å². The van der Waals surface area contributed by atoms with Gasteiger partial charge in [-0.15, -0.1) is 0 Å². The third-order valence-electron chi connectivity index (χ3n) is 4.52. The Hall–Kier alpha value is -1.21.